The molecule has 2 unspecified atom stereocenters. The van der Waals surface area contributed by atoms with Gasteiger partial charge in [0, 0.05) is 31.4 Å². The number of carbonyl (C=O) groups is 8. The number of hydrogen-bond donors (Lipinski definition) is 5. The minimum Gasteiger partial charge on any atom is -0.507 e. The number of aliphatic hydroxyl groups excluding tert-OH is 2. The summed E-state index contributed by atoms with van der Waals surface area (Å²) in [4.78, 5) is 97.9. The molecule has 2 fully saturated rings. The number of piperidine rings is 2. The van der Waals surface area contributed by atoms with Crippen LogP contribution in [0, 0.1) is 0 Å². The van der Waals surface area contributed by atoms with E-state index in [4.69, 9.17) is 14.9 Å². The highest BCUT2D eigenvalue weighted by molar-refractivity contribution is 9.09. The fourth-order valence-electron chi connectivity index (χ4n) is 6.06. The molecule has 8 amide bonds. The lowest BCUT2D eigenvalue weighted by molar-refractivity contribution is -0.137. The van der Waals surface area contributed by atoms with Crippen LogP contribution in [0.3, 0.4) is 0 Å². The normalized spacial score (nSPS) is 19.2. The SMILES string of the molecule is O=C1CCC(N2C(=O)c3cccc(O)c3C2=O)C(=O)N1.O=C1CCC(N2C(=O)c3cccc(OCCCCCO)c3C2=O)C(=O)N1.OCCCCCBr. The highest BCUT2D eigenvalue weighted by Gasteiger charge is 2.47. The number of amides is 8. The molecule has 0 bridgehead atoms. The Kier molecular flexibility index (Phi) is 14.8. The van der Waals surface area contributed by atoms with Gasteiger partial charge < -0.3 is 20.1 Å². The number of hydrogen-bond acceptors (Lipinski definition) is 12. The third-order valence-corrected chi connectivity index (χ3v) is 9.29. The number of aliphatic hydroxyl groups is 2. The number of nitrogens with zero attached hydrogens (tertiary/aromatic N) is 2. The number of ether oxygens (including phenoxy) is 1. The molecule has 0 saturated carbocycles. The number of halogens is 1. The summed E-state index contributed by atoms with van der Waals surface area (Å²) in [5, 5.41) is 32.1. The van der Waals surface area contributed by atoms with Crippen LogP contribution >= 0.6 is 15.9 Å². The number of nitrogens with one attached hydrogen (secondary N) is 2. The summed E-state index contributed by atoms with van der Waals surface area (Å²) < 4.78 is 5.66. The zero-order chi connectivity index (χ0) is 38.7. The first-order valence-electron chi connectivity index (χ1n) is 17.2. The highest BCUT2D eigenvalue weighted by atomic mass is 79.9. The molecule has 6 rings (SSSR count). The van der Waals surface area contributed by atoms with Crippen molar-refractivity contribution in [3.8, 4) is 11.5 Å². The summed E-state index contributed by atoms with van der Waals surface area (Å²) in [7, 11) is 0. The number of imide groups is 4. The number of phenols is 1. The van der Waals surface area contributed by atoms with Gasteiger partial charge in [0.1, 0.15) is 23.6 Å². The number of aromatic hydroxyl groups is 1. The van der Waals surface area contributed by atoms with E-state index in [1.54, 1.807) is 12.1 Å². The number of unbranched alkanes of at least 4 members (excludes halogenated alkanes) is 4. The summed E-state index contributed by atoms with van der Waals surface area (Å²) in [5.74, 6) is -4.60. The monoisotopic (exact) mass is 800 g/mol. The molecule has 4 heterocycles. The fraction of sp³-hybridized carbons (Fsp3) is 0.444. The summed E-state index contributed by atoms with van der Waals surface area (Å²) in [6.07, 6.45) is 5.81. The molecule has 4 aliphatic rings. The lowest BCUT2D eigenvalue weighted by Gasteiger charge is -2.27. The predicted molar refractivity (Wildman–Crippen MR) is 189 cm³/mol. The van der Waals surface area contributed by atoms with Gasteiger partial charge in [-0.3, -0.25) is 58.8 Å². The van der Waals surface area contributed by atoms with Crippen LogP contribution in [0.4, 0.5) is 0 Å². The summed E-state index contributed by atoms with van der Waals surface area (Å²) in [6.45, 7) is 0.817. The molecule has 53 heavy (non-hydrogen) atoms. The van der Waals surface area contributed by atoms with E-state index < -0.39 is 59.3 Å². The minimum atomic E-state index is -1.01. The van der Waals surface area contributed by atoms with Crippen molar-refractivity contribution in [1.29, 1.82) is 0 Å². The van der Waals surface area contributed by atoms with Gasteiger partial charge in [0.05, 0.1) is 28.9 Å². The molecular formula is C36H41BrN4O12. The van der Waals surface area contributed by atoms with E-state index in [1.165, 1.54) is 30.7 Å². The molecule has 2 aromatic rings. The Morgan fingerprint density at radius 2 is 1.13 bits per heavy atom. The number of fused-ring (bicyclic) bond motifs is 2. The third kappa shape index (κ3) is 9.52. The van der Waals surface area contributed by atoms with Crippen LogP contribution in [0.15, 0.2) is 36.4 Å². The smallest absolute Gasteiger partial charge is 0.266 e. The Morgan fingerprint density at radius 1 is 0.642 bits per heavy atom. The second-order valence-corrected chi connectivity index (χ2v) is 13.2. The van der Waals surface area contributed by atoms with Crippen molar-refractivity contribution in [2.45, 2.75) is 76.3 Å². The molecule has 0 spiro atoms. The van der Waals surface area contributed by atoms with Crippen molar-refractivity contribution in [3.05, 3.63) is 58.7 Å². The Balaban J connectivity index is 0.000000205. The first kappa shape index (κ1) is 40.8. The maximum atomic E-state index is 12.8. The molecule has 0 radical (unpaired) electrons. The predicted octanol–water partition coefficient (Wildman–Crippen LogP) is 1.97. The third-order valence-electron chi connectivity index (χ3n) is 8.73. The maximum Gasteiger partial charge on any atom is 0.266 e. The summed E-state index contributed by atoms with van der Waals surface area (Å²) in [6, 6.07) is 6.94. The molecule has 0 aliphatic carbocycles. The van der Waals surface area contributed by atoms with Crippen LogP contribution in [0.1, 0.15) is 106 Å². The van der Waals surface area contributed by atoms with Gasteiger partial charge in [-0.1, -0.05) is 34.5 Å². The number of benzene rings is 2. The van der Waals surface area contributed by atoms with Crippen LogP contribution < -0.4 is 15.4 Å². The van der Waals surface area contributed by atoms with Crippen molar-refractivity contribution < 1.29 is 58.4 Å². The number of alkyl halides is 1. The lowest BCUT2D eigenvalue weighted by Crippen LogP contribution is -2.54. The summed E-state index contributed by atoms with van der Waals surface area (Å²) in [5.41, 5.74) is 0.332. The number of carbonyl (C=O) groups excluding carboxylic acids is 8. The minimum absolute atomic E-state index is 0.0653. The molecule has 4 aliphatic heterocycles. The van der Waals surface area contributed by atoms with Gasteiger partial charge in [-0.25, -0.2) is 0 Å². The van der Waals surface area contributed by atoms with Gasteiger partial charge in [-0.15, -0.1) is 0 Å². The van der Waals surface area contributed by atoms with Crippen molar-refractivity contribution >= 4 is 63.2 Å². The average molecular weight is 802 g/mol. The zero-order valence-electron chi connectivity index (χ0n) is 28.8. The average Bonchev–Trinajstić information content (AvgIpc) is 3.54. The molecule has 5 N–H and O–H groups in total. The van der Waals surface area contributed by atoms with Gasteiger partial charge in [-0.05, 0) is 69.2 Å². The van der Waals surface area contributed by atoms with Crippen LogP contribution in [-0.4, -0.2) is 110 Å². The second-order valence-electron chi connectivity index (χ2n) is 12.4. The van der Waals surface area contributed by atoms with Crippen LogP contribution in [0.5, 0.6) is 11.5 Å². The molecule has 16 nitrogen and oxygen atoms in total. The summed E-state index contributed by atoms with van der Waals surface area (Å²) >= 11 is 3.30. The molecule has 284 valence electrons. The quantitative estimate of drug-likeness (QED) is 0.118. The van der Waals surface area contributed by atoms with E-state index in [0.717, 1.165) is 34.4 Å². The van der Waals surface area contributed by atoms with E-state index in [-0.39, 0.29) is 60.3 Å². The zero-order valence-corrected chi connectivity index (χ0v) is 30.4. The van der Waals surface area contributed by atoms with Gasteiger partial charge >= 0.3 is 0 Å². The fourth-order valence-corrected chi connectivity index (χ4v) is 6.45. The molecule has 17 heteroatoms. The molecule has 2 atom stereocenters. The second kappa shape index (κ2) is 19.2. The van der Waals surface area contributed by atoms with E-state index in [0.29, 0.717) is 31.8 Å². The maximum absolute atomic E-state index is 12.8. The van der Waals surface area contributed by atoms with Crippen molar-refractivity contribution in [2.75, 3.05) is 25.2 Å². The van der Waals surface area contributed by atoms with Crippen molar-refractivity contribution in [3.63, 3.8) is 0 Å². The largest absolute Gasteiger partial charge is 0.507 e. The van der Waals surface area contributed by atoms with E-state index >= 15 is 0 Å². The van der Waals surface area contributed by atoms with E-state index in [2.05, 4.69) is 26.6 Å². The highest BCUT2D eigenvalue weighted by Crippen LogP contribution is 2.34. The first-order chi connectivity index (χ1) is 25.5. The Morgan fingerprint density at radius 3 is 1.62 bits per heavy atom. The molecule has 0 aromatic heterocycles. The van der Waals surface area contributed by atoms with Crippen molar-refractivity contribution in [1.82, 2.24) is 20.4 Å². The van der Waals surface area contributed by atoms with Gasteiger partial charge in [0.2, 0.25) is 23.6 Å². The molecule has 2 aromatic carbocycles. The Bertz CT molecular complexity index is 1760. The Labute approximate surface area is 313 Å². The molecular weight excluding hydrogens is 760 g/mol. The Hall–Kier alpha value is -5.00. The van der Waals surface area contributed by atoms with Crippen LogP contribution in [0.25, 0.3) is 0 Å². The van der Waals surface area contributed by atoms with Gasteiger partial charge in [-0.2, -0.15) is 0 Å². The van der Waals surface area contributed by atoms with Crippen molar-refractivity contribution in [2.24, 2.45) is 0 Å². The lowest BCUT2D eigenvalue weighted by atomic mass is 10.0. The van der Waals surface area contributed by atoms with Gasteiger partial charge in [0.25, 0.3) is 23.6 Å². The van der Waals surface area contributed by atoms with E-state index in [9.17, 15) is 43.5 Å². The molecule has 2 saturated heterocycles. The topological polar surface area (TPSA) is 237 Å². The van der Waals surface area contributed by atoms with Crippen LogP contribution in [-0.2, 0) is 19.2 Å². The number of phenolic OH excluding ortho intramolecular Hbond substituents is 1. The van der Waals surface area contributed by atoms with Crippen LogP contribution in [0.2, 0.25) is 0 Å². The van der Waals surface area contributed by atoms with E-state index in [1.807, 2.05) is 0 Å². The number of rotatable bonds is 12. The standard InChI is InChI=1S/C18H20N2O6.C13H10N2O5.C5H11BrO/c21-9-2-1-3-10-26-13-6-4-5-11-15(13)18(25)20(17(11)24)12-7-8-14(22)19-16(12)23;16-8-3-1-2-6-10(8)13(20)15(12(6)19)7-4-5-9(17)14-11(7)18;6-4-2-1-3-5-7/h4-6,12,21H,1-3,7-10H2,(H,19,22,23);1-3,7,16H,4-5H2,(H,14,17,18);7H,1-5H2. The first-order valence-corrected chi connectivity index (χ1v) is 18.4. The van der Waals surface area contributed by atoms with Gasteiger partial charge in [0.15, 0.2) is 0 Å².